The van der Waals surface area contributed by atoms with Crippen LogP contribution < -0.4 is 4.74 Å². The van der Waals surface area contributed by atoms with Gasteiger partial charge in [-0.3, -0.25) is 4.90 Å². The Bertz CT molecular complexity index is 432. The van der Waals surface area contributed by atoms with Gasteiger partial charge in [-0.25, -0.2) is 0 Å². The van der Waals surface area contributed by atoms with Crippen molar-refractivity contribution >= 4 is 0 Å². The Balaban J connectivity index is 1.82. The molecule has 0 N–H and O–H groups in total. The standard InChI is InChI=1S/C20H33NO/c1-5-20(3,4)15-18-9-11-19(12-10-18)22-17(2)16-21-13-7-6-8-14-21/h9-12,17H,5-8,13-16H2,1-4H3. The minimum absolute atomic E-state index is 0.260. The van der Waals surface area contributed by atoms with E-state index in [0.717, 1.165) is 18.7 Å². The molecule has 1 unspecified atom stereocenters. The second-order valence-electron chi connectivity index (χ2n) is 7.63. The van der Waals surface area contributed by atoms with Crippen molar-refractivity contribution in [1.82, 2.24) is 4.90 Å². The summed E-state index contributed by atoms with van der Waals surface area (Å²) in [6.45, 7) is 12.6. The lowest BCUT2D eigenvalue weighted by Crippen LogP contribution is -2.37. The number of hydrogen-bond donors (Lipinski definition) is 0. The van der Waals surface area contributed by atoms with E-state index in [-0.39, 0.29) is 6.10 Å². The molecule has 0 radical (unpaired) electrons. The zero-order valence-corrected chi connectivity index (χ0v) is 14.9. The molecule has 124 valence electrons. The van der Waals surface area contributed by atoms with Crippen LogP contribution in [0.2, 0.25) is 0 Å². The number of hydrogen-bond acceptors (Lipinski definition) is 2. The van der Waals surface area contributed by atoms with Crippen molar-refractivity contribution in [2.75, 3.05) is 19.6 Å². The van der Waals surface area contributed by atoms with Crippen LogP contribution in [0.1, 0.15) is 58.9 Å². The number of benzene rings is 1. The first-order valence-corrected chi connectivity index (χ1v) is 8.96. The van der Waals surface area contributed by atoms with Crippen molar-refractivity contribution in [3.8, 4) is 5.75 Å². The third-order valence-corrected chi connectivity index (χ3v) is 4.86. The molecule has 1 saturated heterocycles. The van der Waals surface area contributed by atoms with Crippen molar-refractivity contribution < 1.29 is 4.74 Å². The van der Waals surface area contributed by atoms with Crippen LogP contribution in [0.25, 0.3) is 0 Å². The van der Waals surface area contributed by atoms with Crippen LogP contribution in [-0.2, 0) is 6.42 Å². The second-order valence-corrected chi connectivity index (χ2v) is 7.63. The quantitative estimate of drug-likeness (QED) is 0.709. The predicted molar refractivity (Wildman–Crippen MR) is 94.6 cm³/mol. The molecule has 0 aliphatic carbocycles. The van der Waals surface area contributed by atoms with E-state index in [1.165, 1.54) is 44.3 Å². The summed E-state index contributed by atoms with van der Waals surface area (Å²) < 4.78 is 6.09. The van der Waals surface area contributed by atoms with E-state index in [4.69, 9.17) is 4.74 Å². The molecule has 0 bridgehead atoms. The number of nitrogens with zero attached hydrogens (tertiary/aromatic N) is 1. The fourth-order valence-electron chi connectivity index (χ4n) is 3.14. The van der Waals surface area contributed by atoms with Crippen LogP contribution in [0, 0.1) is 5.41 Å². The lowest BCUT2D eigenvalue weighted by molar-refractivity contribution is 0.130. The summed E-state index contributed by atoms with van der Waals surface area (Å²) in [6, 6.07) is 8.71. The van der Waals surface area contributed by atoms with Crippen molar-refractivity contribution in [3.05, 3.63) is 29.8 Å². The molecular formula is C20H33NO. The second kappa shape index (κ2) is 8.01. The lowest BCUT2D eigenvalue weighted by Gasteiger charge is -2.29. The molecule has 1 heterocycles. The van der Waals surface area contributed by atoms with E-state index < -0.39 is 0 Å². The molecule has 2 heteroatoms. The molecule has 1 aromatic carbocycles. The third-order valence-electron chi connectivity index (χ3n) is 4.86. The highest BCUT2D eigenvalue weighted by Crippen LogP contribution is 2.26. The normalized spacial score (nSPS) is 18.2. The Morgan fingerprint density at radius 3 is 2.32 bits per heavy atom. The fraction of sp³-hybridized carbons (Fsp3) is 0.700. The molecule has 0 saturated carbocycles. The van der Waals surface area contributed by atoms with Crippen molar-refractivity contribution in [2.45, 2.75) is 65.9 Å². The van der Waals surface area contributed by atoms with E-state index in [1.807, 2.05) is 0 Å². The third kappa shape index (κ3) is 5.64. The highest BCUT2D eigenvalue weighted by atomic mass is 16.5. The topological polar surface area (TPSA) is 12.5 Å². The average Bonchev–Trinajstić information content (AvgIpc) is 2.50. The highest BCUT2D eigenvalue weighted by molar-refractivity contribution is 5.28. The number of ether oxygens (including phenoxy) is 1. The molecule has 1 aromatic rings. The van der Waals surface area contributed by atoms with Crippen LogP contribution >= 0.6 is 0 Å². The molecule has 22 heavy (non-hydrogen) atoms. The molecule has 1 atom stereocenters. The van der Waals surface area contributed by atoms with Crippen LogP contribution in [0.4, 0.5) is 0 Å². The average molecular weight is 303 g/mol. The smallest absolute Gasteiger partial charge is 0.119 e. The van der Waals surface area contributed by atoms with E-state index in [9.17, 15) is 0 Å². The molecule has 2 nitrogen and oxygen atoms in total. The van der Waals surface area contributed by atoms with E-state index in [2.05, 4.69) is 56.9 Å². The maximum Gasteiger partial charge on any atom is 0.119 e. The predicted octanol–water partition coefficient (Wildman–Crippen LogP) is 4.92. The number of piperidine rings is 1. The summed E-state index contributed by atoms with van der Waals surface area (Å²) in [4.78, 5) is 2.53. The minimum Gasteiger partial charge on any atom is -0.489 e. The Kier molecular flexibility index (Phi) is 6.31. The maximum atomic E-state index is 6.09. The SMILES string of the molecule is CCC(C)(C)Cc1ccc(OC(C)CN2CCCCC2)cc1. The number of likely N-dealkylation sites (tertiary alicyclic amines) is 1. The summed E-state index contributed by atoms with van der Waals surface area (Å²) in [6.07, 6.45) is 6.67. The van der Waals surface area contributed by atoms with Crippen LogP contribution in [-0.4, -0.2) is 30.6 Å². The largest absolute Gasteiger partial charge is 0.489 e. The van der Waals surface area contributed by atoms with Crippen LogP contribution in [0.15, 0.2) is 24.3 Å². The summed E-state index contributed by atoms with van der Waals surface area (Å²) in [7, 11) is 0. The highest BCUT2D eigenvalue weighted by Gasteiger charge is 2.16. The van der Waals surface area contributed by atoms with Gasteiger partial charge in [0.2, 0.25) is 0 Å². The first-order chi connectivity index (χ1) is 10.5. The van der Waals surface area contributed by atoms with Gasteiger partial charge in [-0.1, -0.05) is 45.7 Å². The molecule has 0 amide bonds. The van der Waals surface area contributed by atoms with Gasteiger partial charge in [0.05, 0.1) is 0 Å². The van der Waals surface area contributed by atoms with Gasteiger partial charge in [0.15, 0.2) is 0 Å². The van der Waals surface area contributed by atoms with Gasteiger partial charge in [0.1, 0.15) is 11.9 Å². The van der Waals surface area contributed by atoms with Crippen molar-refractivity contribution in [2.24, 2.45) is 5.41 Å². The maximum absolute atomic E-state index is 6.09. The Morgan fingerprint density at radius 2 is 1.73 bits per heavy atom. The monoisotopic (exact) mass is 303 g/mol. The zero-order chi connectivity index (χ0) is 16.0. The molecular weight excluding hydrogens is 270 g/mol. The van der Waals surface area contributed by atoms with Gasteiger partial charge in [-0.15, -0.1) is 0 Å². The van der Waals surface area contributed by atoms with Gasteiger partial charge in [-0.05, 0) is 62.4 Å². The Hall–Kier alpha value is -1.02. The summed E-state index contributed by atoms with van der Waals surface area (Å²) in [5, 5.41) is 0. The van der Waals surface area contributed by atoms with Crippen molar-refractivity contribution in [1.29, 1.82) is 0 Å². The Morgan fingerprint density at radius 1 is 1.09 bits per heavy atom. The fourth-order valence-corrected chi connectivity index (χ4v) is 3.14. The first kappa shape index (κ1) is 17.3. The van der Waals surface area contributed by atoms with Crippen molar-refractivity contribution in [3.63, 3.8) is 0 Å². The molecule has 2 rings (SSSR count). The summed E-state index contributed by atoms with van der Waals surface area (Å²) in [5.41, 5.74) is 1.78. The van der Waals surface area contributed by atoms with E-state index in [1.54, 1.807) is 0 Å². The van der Waals surface area contributed by atoms with Gasteiger partial charge in [-0.2, -0.15) is 0 Å². The molecule has 0 spiro atoms. The van der Waals surface area contributed by atoms with Gasteiger partial charge in [0.25, 0.3) is 0 Å². The first-order valence-electron chi connectivity index (χ1n) is 8.96. The molecule has 1 aliphatic heterocycles. The van der Waals surface area contributed by atoms with Crippen LogP contribution in [0.3, 0.4) is 0 Å². The van der Waals surface area contributed by atoms with Gasteiger partial charge in [0, 0.05) is 6.54 Å². The zero-order valence-electron chi connectivity index (χ0n) is 14.9. The Labute approximate surface area is 136 Å². The summed E-state index contributed by atoms with van der Waals surface area (Å²) in [5.74, 6) is 1.00. The summed E-state index contributed by atoms with van der Waals surface area (Å²) >= 11 is 0. The lowest BCUT2D eigenvalue weighted by atomic mass is 9.83. The van der Waals surface area contributed by atoms with Crippen LogP contribution in [0.5, 0.6) is 5.75 Å². The van der Waals surface area contributed by atoms with E-state index in [0.29, 0.717) is 5.41 Å². The number of rotatable bonds is 7. The molecule has 0 aromatic heterocycles. The molecule has 1 aliphatic rings. The van der Waals surface area contributed by atoms with E-state index >= 15 is 0 Å². The van der Waals surface area contributed by atoms with Gasteiger partial charge < -0.3 is 4.74 Å². The van der Waals surface area contributed by atoms with Gasteiger partial charge >= 0.3 is 0 Å². The molecule has 1 fully saturated rings. The minimum atomic E-state index is 0.260.